The number of ketones is 4. The molecule has 212 valence electrons. The molecule has 1 heterocycles. The number of aliphatic hydroxyl groups excluding tert-OH is 2. The van der Waals surface area contributed by atoms with E-state index in [2.05, 4.69) is 0 Å². The van der Waals surface area contributed by atoms with E-state index in [-0.39, 0.29) is 23.3 Å². The number of aromatic hydroxyl groups is 2. The highest BCUT2D eigenvalue weighted by Gasteiger charge is 2.55. The smallest absolute Gasteiger partial charge is 0.206 e. The van der Waals surface area contributed by atoms with Crippen molar-refractivity contribution in [3.8, 4) is 17.2 Å². The molecule has 6 atom stereocenters. The molecule has 0 bridgehead atoms. The summed E-state index contributed by atoms with van der Waals surface area (Å²) in [7, 11) is 1.28. The second kappa shape index (κ2) is 9.73. The molecular formula is C27H27NO12. The maximum atomic E-state index is 13.6. The summed E-state index contributed by atoms with van der Waals surface area (Å²) in [6, 6.07) is 3.36. The Labute approximate surface area is 226 Å². The maximum absolute atomic E-state index is 13.6. The molecule has 2 aromatic carbocycles. The number of ether oxygens (including phenoxy) is 3. The van der Waals surface area contributed by atoms with Gasteiger partial charge in [0.2, 0.25) is 11.6 Å². The number of rotatable bonds is 5. The van der Waals surface area contributed by atoms with Crippen LogP contribution >= 0.6 is 0 Å². The summed E-state index contributed by atoms with van der Waals surface area (Å²) in [4.78, 5) is 53.2. The predicted molar refractivity (Wildman–Crippen MR) is 132 cm³/mol. The first kappa shape index (κ1) is 27.8. The Morgan fingerprint density at radius 2 is 1.77 bits per heavy atom. The molecule has 2 aliphatic carbocycles. The number of carbonyl (C=O) groups is 4. The molecule has 1 fully saturated rings. The SMILES string of the molecule is COc1cccc2c1C(=O)c1c(O)c3c(c(O)c1C2=O)C(=O)[C@@](O)(C(=O)CO)CC3OC1CC(N)C(O)C(C)O1. The van der Waals surface area contributed by atoms with Crippen molar-refractivity contribution < 1.29 is 58.9 Å². The zero-order chi connectivity index (χ0) is 29.3. The molecule has 0 spiro atoms. The van der Waals surface area contributed by atoms with Gasteiger partial charge >= 0.3 is 0 Å². The first-order valence-corrected chi connectivity index (χ1v) is 12.4. The van der Waals surface area contributed by atoms with Crippen molar-refractivity contribution in [2.75, 3.05) is 13.7 Å². The molecule has 7 N–H and O–H groups in total. The minimum absolute atomic E-state index is 0.0297. The second-order valence-corrected chi connectivity index (χ2v) is 10.0. The van der Waals surface area contributed by atoms with E-state index >= 15 is 0 Å². The number of phenolic OH excluding ortho intramolecular Hbond substituents is 2. The average Bonchev–Trinajstić information content (AvgIpc) is 2.93. The van der Waals surface area contributed by atoms with Crippen LogP contribution in [0.2, 0.25) is 0 Å². The number of benzene rings is 2. The van der Waals surface area contributed by atoms with Crippen molar-refractivity contribution in [3.63, 3.8) is 0 Å². The van der Waals surface area contributed by atoms with Crippen molar-refractivity contribution in [3.05, 3.63) is 51.6 Å². The molecule has 1 saturated heterocycles. The van der Waals surface area contributed by atoms with Gasteiger partial charge in [0, 0.05) is 30.0 Å². The highest BCUT2D eigenvalue weighted by Crippen LogP contribution is 2.52. The van der Waals surface area contributed by atoms with Gasteiger partial charge in [0.1, 0.15) is 23.9 Å². The van der Waals surface area contributed by atoms with E-state index in [1.165, 1.54) is 32.2 Å². The molecule has 5 unspecified atom stereocenters. The summed E-state index contributed by atoms with van der Waals surface area (Å²) in [5.74, 6) is -6.44. The zero-order valence-electron chi connectivity index (χ0n) is 21.4. The normalized spacial score (nSPS) is 29.4. The minimum atomic E-state index is -2.92. The average molecular weight is 558 g/mol. The molecule has 0 aromatic heterocycles. The van der Waals surface area contributed by atoms with E-state index in [9.17, 15) is 44.7 Å². The van der Waals surface area contributed by atoms with Gasteiger partial charge in [-0.2, -0.15) is 0 Å². The van der Waals surface area contributed by atoms with Crippen molar-refractivity contribution in [1.29, 1.82) is 0 Å². The summed E-state index contributed by atoms with van der Waals surface area (Å²) in [6.45, 7) is 0.277. The molecule has 40 heavy (non-hydrogen) atoms. The topological polar surface area (TPSA) is 223 Å². The van der Waals surface area contributed by atoms with Crippen LogP contribution in [0.4, 0.5) is 0 Å². The summed E-state index contributed by atoms with van der Waals surface area (Å²) >= 11 is 0. The van der Waals surface area contributed by atoms with Crippen molar-refractivity contribution in [2.24, 2.45) is 5.73 Å². The fourth-order valence-corrected chi connectivity index (χ4v) is 5.63. The van der Waals surface area contributed by atoms with Crippen LogP contribution in [0.25, 0.3) is 0 Å². The predicted octanol–water partition coefficient (Wildman–Crippen LogP) is -0.359. The van der Waals surface area contributed by atoms with Gasteiger partial charge in [-0.05, 0) is 13.0 Å². The Bertz CT molecular complexity index is 1460. The van der Waals surface area contributed by atoms with Gasteiger partial charge in [-0.3, -0.25) is 19.2 Å². The standard InChI is InChI=1S/C27H27NO12/c1-9-21(31)11(28)6-15(39-9)40-13-7-27(37,14(30)8-29)26(36)20-17(13)24(34)19-18(25(20)35)22(32)10-4-3-5-12(38-2)16(10)23(19)33/h3-5,9,11,13,15,21,29,31,34-35,37H,6-8,28H2,1-2H3/t9?,11?,13?,15?,21?,27-/m0/s1. The number of aliphatic hydroxyl groups is 3. The van der Waals surface area contributed by atoms with Gasteiger partial charge in [-0.15, -0.1) is 0 Å². The zero-order valence-corrected chi connectivity index (χ0v) is 21.4. The highest BCUT2D eigenvalue weighted by molar-refractivity contribution is 6.33. The number of fused-ring (bicyclic) bond motifs is 3. The quantitative estimate of drug-likeness (QED) is 0.174. The lowest BCUT2D eigenvalue weighted by Crippen LogP contribution is -2.54. The summed E-state index contributed by atoms with van der Waals surface area (Å²) < 4.78 is 16.8. The van der Waals surface area contributed by atoms with Gasteiger partial charge < -0.3 is 45.5 Å². The van der Waals surface area contributed by atoms with E-state index < -0.39 is 106 Å². The fraction of sp³-hybridized carbons (Fsp3) is 0.407. The van der Waals surface area contributed by atoms with Crippen LogP contribution in [0, 0.1) is 0 Å². The van der Waals surface area contributed by atoms with Crippen LogP contribution in [0.3, 0.4) is 0 Å². The lowest BCUT2D eigenvalue weighted by atomic mass is 9.71. The van der Waals surface area contributed by atoms with E-state index in [1.807, 2.05) is 0 Å². The van der Waals surface area contributed by atoms with Gasteiger partial charge in [0.25, 0.3) is 0 Å². The number of carbonyl (C=O) groups excluding carboxylic acids is 4. The molecule has 1 aliphatic heterocycles. The summed E-state index contributed by atoms with van der Waals surface area (Å²) in [5.41, 5.74) is 0.0962. The number of hydrogen-bond donors (Lipinski definition) is 6. The van der Waals surface area contributed by atoms with Crippen LogP contribution in [0.15, 0.2) is 18.2 Å². The molecule has 0 amide bonds. The molecule has 5 rings (SSSR count). The van der Waals surface area contributed by atoms with Crippen molar-refractivity contribution >= 4 is 23.1 Å². The maximum Gasteiger partial charge on any atom is 0.206 e. The van der Waals surface area contributed by atoms with Gasteiger partial charge in [-0.1, -0.05) is 12.1 Å². The third-order valence-corrected chi connectivity index (χ3v) is 7.73. The van der Waals surface area contributed by atoms with Crippen LogP contribution in [-0.2, 0) is 14.3 Å². The highest BCUT2D eigenvalue weighted by atomic mass is 16.7. The first-order chi connectivity index (χ1) is 18.9. The Kier molecular flexibility index (Phi) is 6.77. The minimum Gasteiger partial charge on any atom is -0.507 e. The van der Waals surface area contributed by atoms with Crippen molar-refractivity contribution in [1.82, 2.24) is 0 Å². The van der Waals surface area contributed by atoms with Crippen molar-refractivity contribution in [2.45, 2.75) is 56.0 Å². The lowest BCUT2D eigenvalue weighted by Gasteiger charge is -2.41. The number of nitrogens with two attached hydrogens (primary N) is 1. The molecule has 3 aliphatic rings. The molecular weight excluding hydrogens is 530 g/mol. The Morgan fingerprint density at radius 1 is 1.10 bits per heavy atom. The van der Waals surface area contributed by atoms with E-state index in [0.717, 1.165) is 0 Å². The molecule has 13 heteroatoms. The summed E-state index contributed by atoms with van der Waals surface area (Å²) in [6.07, 6.45) is -5.49. The third-order valence-electron chi connectivity index (χ3n) is 7.73. The second-order valence-electron chi connectivity index (χ2n) is 10.0. The first-order valence-electron chi connectivity index (χ1n) is 12.4. The Morgan fingerprint density at radius 3 is 2.40 bits per heavy atom. The molecule has 2 aromatic rings. The van der Waals surface area contributed by atoms with Gasteiger partial charge in [-0.25, -0.2) is 0 Å². The van der Waals surface area contributed by atoms with Crippen LogP contribution in [-0.4, -0.2) is 92.5 Å². The lowest BCUT2D eigenvalue weighted by molar-refractivity contribution is -0.245. The largest absolute Gasteiger partial charge is 0.507 e. The molecule has 13 nitrogen and oxygen atoms in total. The van der Waals surface area contributed by atoms with Crippen LogP contribution in [0.5, 0.6) is 17.2 Å². The fourth-order valence-electron chi connectivity index (χ4n) is 5.63. The molecule has 0 radical (unpaired) electrons. The van der Waals surface area contributed by atoms with E-state index in [0.29, 0.717) is 0 Å². The molecule has 0 saturated carbocycles. The van der Waals surface area contributed by atoms with Gasteiger partial charge in [0.05, 0.1) is 47.7 Å². The number of phenols is 2. The van der Waals surface area contributed by atoms with E-state index in [1.54, 1.807) is 0 Å². The monoisotopic (exact) mass is 557 g/mol. The van der Waals surface area contributed by atoms with Crippen LogP contribution in [0.1, 0.15) is 73.6 Å². The Balaban J connectivity index is 1.73. The van der Waals surface area contributed by atoms with E-state index in [4.69, 9.17) is 19.9 Å². The number of Topliss-reactive ketones (excluding diaryl/α,β-unsaturated/α-hetero) is 2. The Hall–Kier alpha value is -3.72. The summed E-state index contributed by atoms with van der Waals surface area (Å²) in [5, 5.41) is 53.5. The number of methoxy groups -OCH3 is 1. The number of hydrogen-bond acceptors (Lipinski definition) is 13. The third kappa shape index (κ3) is 3.85. The van der Waals surface area contributed by atoms with Crippen LogP contribution < -0.4 is 10.5 Å². The van der Waals surface area contributed by atoms with Gasteiger partial charge in [0.15, 0.2) is 23.5 Å².